The van der Waals surface area contributed by atoms with Crippen LogP contribution in [0.4, 0.5) is 0 Å². The summed E-state index contributed by atoms with van der Waals surface area (Å²) in [5.74, 6) is 0.278. The number of hydrogen-bond acceptors (Lipinski definition) is 4. The molecule has 0 bridgehead atoms. The van der Waals surface area contributed by atoms with E-state index in [0.29, 0.717) is 18.6 Å². The average molecular weight is 317 g/mol. The summed E-state index contributed by atoms with van der Waals surface area (Å²) in [6.07, 6.45) is 6.62. The zero-order valence-electron chi connectivity index (χ0n) is 13.6. The molecule has 0 aromatic rings. The van der Waals surface area contributed by atoms with Gasteiger partial charge < -0.3 is 5.32 Å². The van der Waals surface area contributed by atoms with Crippen molar-refractivity contribution in [2.24, 2.45) is 0 Å². The first-order valence-electron chi connectivity index (χ1n) is 8.44. The second kappa shape index (κ2) is 7.90. The smallest absolute Gasteiger partial charge is 0.213 e. The maximum Gasteiger partial charge on any atom is 0.213 e. The normalized spacial score (nSPS) is 28.3. The van der Waals surface area contributed by atoms with E-state index < -0.39 is 10.0 Å². The van der Waals surface area contributed by atoms with E-state index in [1.165, 1.54) is 19.3 Å². The van der Waals surface area contributed by atoms with E-state index in [0.717, 1.165) is 38.9 Å². The van der Waals surface area contributed by atoms with Crippen molar-refractivity contribution in [3.63, 3.8) is 0 Å². The van der Waals surface area contributed by atoms with Crippen molar-refractivity contribution in [1.82, 2.24) is 14.5 Å². The predicted octanol–water partition coefficient (Wildman–Crippen LogP) is 1.26. The first-order chi connectivity index (χ1) is 10.0. The van der Waals surface area contributed by atoms with Gasteiger partial charge in [-0.25, -0.2) is 12.7 Å². The van der Waals surface area contributed by atoms with E-state index >= 15 is 0 Å². The van der Waals surface area contributed by atoms with Gasteiger partial charge >= 0.3 is 0 Å². The van der Waals surface area contributed by atoms with Gasteiger partial charge in [0.15, 0.2) is 0 Å². The second-order valence-electron chi connectivity index (χ2n) is 6.46. The average Bonchev–Trinajstić information content (AvgIpc) is 2.93. The Bertz CT molecular complexity index is 407. The lowest BCUT2D eigenvalue weighted by molar-refractivity contribution is 0.237. The number of hydrogen-bond donors (Lipinski definition) is 1. The molecular formula is C15H31N3O2S. The molecule has 2 unspecified atom stereocenters. The second-order valence-corrected chi connectivity index (χ2v) is 8.65. The van der Waals surface area contributed by atoms with Crippen LogP contribution in [0.2, 0.25) is 0 Å². The van der Waals surface area contributed by atoms with Gasteiger partial charge in [0.2, 0.25) is 10.0 Å². The van der Waals surface area contributed by atoms with E-state index in [1.807, 2.05) is 0 Å². The lowest BCUT2D eigenvalue weighted by atomic mass is 10.0. The van der Waals surface area contributed by atoms with Gasteiger partial charge in [-0.1, -0.05) is 13.3 Å². The van der Waals surface area contributed by atoms with Gasteiger partial charge in [0.25, 0.3) is 0 Å². The van der Waals surface area contributed by atoms with Crippen LogP contribution >= 0.6 is 0 Å². The maximum absolute atomic E-state index is 12.4. The highest BCUT2D eigenvalue weighted by molar-refractivity contribution is 7.89. The molecule has 0 aromatic carbocycles. The lowest BCUT2D eigenvalue weighted by Crippen LogP contribution is -2.43. The SMILES string of the molecule is CCN1CCCC1CN(C)S(=O)(=O)CCC1CCCCN1. The van der Waals surface area contributed by atoms with Gasteiger partial charge in [0, 0.05) is 25.7 Å². The summed E-state index contributed by atoms with van der Waals surface area (Å²) in [4.78, 5) is 2.40. The third kappa shape index (κ3) is 4.91. The van der Waals surface area contributed by atoms with E-state index in [1.54, 1.807) is 11.4 Å². The standard InChI is InChI=1S/C15H31N3O2S/c1-3-18-11-6-8-15(18)13-17(2)21(19,20)12-9-14-7-4-5-10-16-14/h14-16H,3-13H2,1-2H3. The first-order valence-corrected chi connectivity index (χ1v) is 10.1. The highest BCUT2D eigenvalue weighted by Crippen LogP contribution is 2.19. The van der Waals surface area contributed by atoms with Crippen molar-refractivity contribution in [1.29, 1.82) is 0 Å². The quantitative estimate of drug-likeness (QED) is 0.768. The highest BCUT2D eigenvalue weighted by atomic mass is 32.2. The Balaban J connectivity index is 1.80. The molecule has 6 heteroatoms. The molecule has 0 radical (unpaired) electrons. The van der Waals surface area contributed by atoms with Crippen molar-refractivity contribution in [2.45, 2.75) is 57.5 Å². The van der Waals surface area contributed by atoms with Gasteiger partial charge in [-0.05, 0) is 51.7 Å². The van der Waals surface area contributed by atoms with Crippen LogP contribution in [-0.2, 0) is 10.0 Å². The molecule has 2 fully saturated rings. The Morgan fingerprint density at radius 2 is 2.05 bits per heavy atom. The van der Waals surface area contributed by atoms with Crippen LogP contribution < -0.4 is 5.32 Å². The lowest BCUT2D eigenvalue weighted by Gasteiger charge is -2.28. The molecule has 2 aliphatic rings. The fourth-order valence-electron chi connectivity index (χ4n) is 3.55. The zero-order valence-corrected chi connectivity index (χ0v) is 14.4. The number of likely N-dealkylation sites (tertiary alicyclic amines) is 1. The molecule has 21 heavy (non-hydrogen) atoms. The molecule has 0 amide bonds. The van der Waals surface area contributed by atoms with Crippen LogP contribution in [0.25, 0.3) is 0 Å². The zero-order chi connectivity index (χ0) is 15.3. The molecule has 124 valence electrons. The molecule has 0 spiro atoms. The van der Waals surface area contributed by atoms with Crippen LogP contribution in [0.5, 0.6) is 0 Å². The van der Waals surface area contributed by atoms with E-state index in [9.17, 15) is 8.42 Å². The molecule has 0 aliphatic carbocycles. The van der Waals surface area contributed by atoms with E-state index in [4.69, 9.17) is 0 Å². The van der Waals surface area contributed by atoms with Crippen molar-refractivity contribution in [3.05, 3.63) is 0 Å². The summed E-state index contributed by atoms with van der Waals surface area (Å²) < 4.78 is 26.5. The Labute approximate surface area is 130 Å². The minimum absolute atomic E-state index is 0.278. The van der Waals surface area contributed by atoms with Crippen molar-refractivity contribution < 1.29 is 8.42 Å². The van der Waals surface area contributed by atoms with Gasteiger partial charge in [0.05, 0.1) is 5.75 Å². The first kappa shape index (κ1) is 17.2. The fraction of sp³-hybridized carbons (Fsp3) is 1.00. The molecule has 2 saturated heterocycles. The number of nitrogens with one attached hydrogen (secondary N) is 1. The third-order valence-electron chi connectivity index (χ3n) is 4.98. The third-order valence-corrected chi connectivity index (χ3v) is 6.84. The van der Waals surface area contributed by atoms with Crippen molar-refractivity contribution in [3.8, 4) is 0 Å². The van der Waals surface area contributed by atoms with Gasteiger partial charge in [-0.2, -0.15) is 0 Å². The summed E-state index contributed by atoms with van der Waals surface area (Å²) >= 11 is 0. The van der Waals surface area contributed by atoms with E-state index in [2.05, 4.69) is 17.1 Å². The number of rotatable bonds is 7. The van der Waals surface area contributed by atoms with Gasteiger partial charge in [-0.3, -0.25) is 4.90 Å². The molecule has 2 atom stereocenters. The van der Waals surface area contributed by atoms with Crippen LogP contribution in [0, 0.1) is 0 Å². The largest absolute Gasteiger partial charge is 0.314 e. The van der Waals surface area contributed by atoms with Crippen molar-refractivity contribution in [2.75, 3.05) is 39.0 Å². The Morgan fingerprint density at radius 3 is 2.71 bits per heavy atom. The molecule has 0 saturated carbocycles. The van der Waals surface area contributed by atoms with Crippen LogP contribution in [-0.4, -0.2) is 68.7 Å². The minimum atomic E-state index is -3.11. The van der Waals surface area contributed by atoms with Crippen LogP contribution in [0.1, 0.15) is 45.4 Å². The molecule has 2 heterocycles. The number of likely N-dealkylation sites (N-methyl/N-ethyl adjacent to an activating group) is 2. The monoisotopic (exact) mass is 317 g/mol. The fourth-order valence-corrected chi connectivity index (χ4v) is 4.84. The summed E-state index contributed by atoms with van der Waals surface area (Å²) in [5, 5.41) is 3.43. The summed E-state index contributed by atoms with van der Waals surface area (Å²) in [6.45, 7) is 5.97. The Kier molecular flexibility index (Phi) is 6.47. The topological polar surface area (TPSA) is 52.7 Å². The molecule has 1 N–H and O–H groups in total. The molecule has 5 nitrogen and oxygen atoms in total. The molecule has 0 aromatic heterocycles. The van der Waals surface area contributed by atoms with Gasteiger partial charge in [0.1, 0.15) is 0 Å². The maximum atomic E-state index is 12.4. The van der Waals surface area contributed by atoms with Gasteiger partial charge in [-0.15, -0.1) is 0 Å². The summed E-state index contributed by atoms with van der Waals surface area (Å²) in [6, 6.07) is 0.795. The summed E-state index contributed by atoms with van der Waals surface area (Å²) in [7, 11) is -1.37. The van der Waals surface area contributed by atoms with E-state index in [-0.39, 0.29) is 5.75 Å². The number of nitrogens with zero attached hydrogens (tertiary/aromatic N) is 2. The number of sulfonamides is 1. The Morgan fingerprint density at radius 1 is 1.24 bits per heavy atom. The summed E-state index contributed by atoms with van der Waals surface area (Å²) in [5.41, 5.74) is 0. The molecular weight excluding hydrogens is 286 g/mol. The highest BCUT2D eigenvalue weighted by Gasteiger charge is 2.28. The number of piperidine rings is 1. The van der Waals surface area contributed by atoms with Crippen LogP contribution in [0.15, 0.2) is 0 Å². The van der Waals surface area contributed by atoms with Crippen molar-refractivity contribution >= 4 is 10.0 Å². The molecule has 2 rings (SSSR count). The van der Waals surface area contributed by atoms with Crippen LogP contribution in [0.3, 0.4) is 0 Å². The molecule has 2 aliphatic heterocycles. The predicted molar refractivity (Wildman–Crippen MR) is 86.9 cm³/mol. The Hall–Kier alpha value is -0.170. The minimum Gasteiger partial charge on any atom is -0.314 e.